The van der Waals surface area contributed by atoms with Gasteiger partial charge < -0.3 is 15.3 Å². The van der Waals surface area contributed by atoms with Gasteiger partial charge in [0.05, 0.1) is 23.5 Å². The Morgan fingerprint density at radius 3 is 3.00 bits per heavy atom. The summed E-state index contributed by atoms with van der Waals surface area (Å²) in [5.41, 5.74) is 0.739. The van der Waals surface area contributed by atoms with E-state index < -0.39 is 6.10 Å². The number of halogens is 1. The van der Waals surface area contributed by atoms with E-state index in [4.69, 9.17) is 11.6 Å². The molecule has 1 aromatic heterocycles. The second kappa shape index (κ2) is 6.70. The molecule has 2 unspecified atom stereocenters. The second-order valence-corrected chi connectivity index (χ2v) is 5.81. The van der Waals surface area contributed by atoms with Gasteiger partial charge in [-0.05, 0) is 33.5 Å². The molecule has 2 heterocycles. The molecule has 1 aromatic rings. The van der Waals surface area contributed by atoms with Crippen LogP contribution in [0.15, 0.2) is 6.20 Å². The van der Waals surface area contributed by atoms with E-state index in [2.05, 4.69) is 15.3 Å². The van der Waals surface area contributed by atoms with Crippen LogP contribution in [-0.2, 0) is 6.54 Å². The second-order valence-electron chi connectivity index (χ2n) is 5.41. The van der Waals surface area contributed by atoms with Gasteiger partial charge in [0.25, 0.3) is 0 Å². The predicted octanol–water partition coefficient (Wildman–Crippen LogP) is 1.27. The molecule has 19 heavy (non-hydrogen) atoms. The van der Waals surface area contributed by atoms with Gasteiger partial charge in [0, 0.05) is 12.6 Å². The summed E-state index contributed by atoms with van der Waals surface area (Å²) in [5.74, 6) is 0. The first kappa shape index (κ1) is 14.8. The number of aliphatic hydroxyl groups excluding tert-OH is 1. The molecule has 0 aromatic carbocycles. The molecule has 1 saturated heterocycles. The lowest BCUT2D eigenvalue weighted by Crippen LogP contribution is -2.39. The first-order valence-electron chi connectivity index (χ1n) is 6.87. The number of nitrogens with zero attached hydrogens (tertiary/aromatic N) is 3. The first-order chi connectivity index (χ1) is 9.09. The third-order valence-corrected chi connectivity index (χ3v) is 3.89. The monoisotopic (exact) mass is 286 g/mol. The van der Waals surface area contributed by atoms with Crippen LogP contribution in [0.5, 0.6) is 0 Å². The molecule has 0 saturated carbocycles. The lowest BCUT2D eigenvalue weighted by atomic mass is 9.98. The van der Waals surface area contributed by atoms with E-state index in [0.29, 0.717) is 5.02 Å². The molecule has 1 aliphatic heterocycles. The van der Waals surface area contributed by atoms with Crippen LogP contribution in [0, 0.1) is 0 Å². The van der Waals surface area contributed by atoms with Crippen molar-refractivity contribution in [3.63, 3.8) is 0 Å². The van der Waals surface area contributed by atoms with E-state index in [-0.39, 0.29) is 6.04 Å². The van der Waals surface area contributed by atoms with Gasteiger partial charge in [-0.15, -0.1) is 0 Å². The number of nitrogens with one attached hydrogen (secondary N) is 1. The Balaban J connectivity index is 2.10. The predicted molar refractivity (Wildman–Crippen MR) is 76.4 cm³/mol. The molecule has 5 nitrogen and oxygen atoms in total. The smallest absolute Gasteiger partial charge is 0.112 e. The zero-order valence-corrected chi connectivity index (χ0v) is 12.4. The van der Waals surface area contributed by atoms with Gasteiger partial charge in [-0.1, -0.05) is 18.0 Å². The maximum absolute atomic E-state index is 10.5. The lowest BCUT2D eigenvalue weighted by Gasteiger charge is -2.28. The van der Waals surface area contributed by atoms with Crippen LogP contribution in [-0.4, -0.2) is 53.0 Å². The summed E-state index contributed by atoms with van der Waals surface area (Å²) in [6.45, 7) is 2.57. The van der Waals surface area contributed by atoms with Crippen molar-refractivity contribution in [3.05, 3.63) is 16.9 Å². The molecule has 0 radical (unpaired) electrons. The maximum atomic E-state index is 10.5. The molecule has 0 spiro atoms. The Morgan fingerprint density at radius 1 is 1.58 bits per heavy atom. The zero-order chi connectivity index (χ0) is 13.8. The molecular formula is C13H23ClN4O. The van der Waals surface area contributed by atoms with Crippen molar-refractivity contribution >= 4 is 11.6 Å². The molecule has 2 rings (SSSR count). The Labute approximate surface area is 119 Å². The average molecular weight is 287 g/mol. The number of likely N-dealkylation sites (N-methyl/N-ethyl adjacent to an activating group) is 1. The highest BCUT2D eigenvalue weighted by molar-refractivity contribution is 6.31. The van der Waals surface area contributed by atoms with E-state index in [9.17, 15) is 5.11 Å². The highest BCUT2D eigenvalue weighted by atomic mass is 35.5. The van der Waals surface area contributed by atoms with Crippen molar-refractivity contribution in [3.8, 4) is 0 Å². The molecule has 0 aliphatic carbocycles. The fraction of sp³-hybridized carbons (Fsp3) is 0.769. The van der Waals surface area contributed by atoms with Gasteiger partial charge >= 0.3 is 0 Å². The molecule has 1 aliphatic rings. The summed E-state index contributed by atoms with van der Waals surface area (Å²) in [4.78, 5) is 2.09. The highest BCUT2D eigenvalue weighted by Crippen LogP contribution is 2.28. The minimum Gasteiger partial charge on any atom is -0.385 e. The van der Waals surface area contributed by atoms with Crippen molar-refractivity contribution in [2.24, 2.45) is 0 Å². The van der Waals surface area contributed by atoms with E-state index in [1.54, 1.807) is 6.20 Å². The minimum absolute atomic E-state index is 0.0843. The lowest BCUT2D eigenvalue weighted by molar-refractivity contribution is 0.104. The van der Waals surface area contributed by atoms with Crippen LogP contribution in [0.1, 0.15) is 31.1 Å². The fourth-order valence-electron chi connectivity index (χ4n) is 2.48. The SMILES string of the molecule is CN(C)CCn1ncc(Cl)c1C(O)C1CCCCN1. The number of piperidine rings is 1. The van der Waals surface area contributed by atoms with Gasteiger partial charge in [0.15, 0.2) is 0 Å². The number of rotatable bonds is 5. The van der Waals surface area contributed by atoms with E-state index in [1.807, 2.05) is 18.8 Å². The highest BCUT2D eigenvalue weighted by Gasteiger charge is 2.27. The molecular weight excluding hydrogens is 264 g/mol. The number of hydrogen-bond donors (Lipinski definition) is 2. The van der Waals surface area contributed by atoms with Gasteiger partial charge in [-0.25, -0.2) is 0 Å². The standard InChI is InChI=1S/C13H23ClN4O/c1-17(2)7-8-18-12(10(14)9-16-18)13(19)11-5-3-4-6-15-11/h9,11,13,15,19H,3-8H2,1-2H3. The summed E-state index contributed by atoms with van der Waals surface area (Å²) >= 11 is 6.19. The van der Waals surface area contributed by atoms with Crippen LogP contribution in [0.25, 0.3) is 0 Å². The third kappa shape index (κ3) is 3.69. The Kier molecular flexibility index (Phi) is 5.21. The molecule has 2 N–H and O–H groups in total. The van der Waals surface area contributed by atoms with Gasteiger partial charge in [0.1, 0.15) is 6.10 Å². The largest absolute Gasteiger partial charge is 0.385 e. The van der Waals surface area contributed by atoms with Crippen LogP contribution >= 0.6 is 11.6 Å². The average Bonchev–Trinajstić information content (AvgIpc) is 2.78. The molecule has 0 bridgehead atoms. The van der Waals surface area contributed by atoms with Crippen molar-refractivity contribution < 1.29 is 5.11 Å². The maximum Gasteiger partial charge on any atom is 0.112 e. The van der Waals surface area contributed by atoms with Gasteiger partial charge in [0.2, 0.25) is 0 Å². The van der Waals surface area contributed by atoms with E-state index in [1.165, 1.54) is 6.42 Å². The normalized spacial score (nSPS) is 21.8. The van der Waals surface area contributed by atoms with E-state index >= 15 is 0 Å². The summed E-state index contributed by atoms with van der Waals surface area (Å²) in [5, 5.41) is 18.7. The molecule has 1 fully saturated rings. The minimum atomic E-state index is -0.586. The summed E-state index contributed by atoms with van der Waals surface area (Å²) in [6, 6.07) is 0.0843. The van der Waals surface area contributed by atoms with Crippen LogP contribution in [0.3, 0.4) is 0 Å². The number of hydrogen-bond acceptors (Lipinski definition) is 4. The molecule has 0 amide bonds. The fourth-order valence-corrected chi connectivity index (χ4v) is 2.73. The van der Waals surface area contributed by atoms with Crippen molar-refractivity contribution in [2.45, 2.75) is 38.0 Å². The van der Waals surface area contributed by atoms with Crippen LogP contribution in [0.2, 0.25) is 5.02 Å². The van der Waals surface area contributed by atoms with Gasteiger partial charge in [-0.2, -0.15) is 5.10 Å². The van der Waals surface area contributed by atoms with Crippen molar-refractivity contribution in [1.29, 1.82) is 0 Å². The van der Waals surface area contributed by atoms with Gasteiger partial charge in [-0.3, -0.25) is 4.68 Å². The van der Waals surface area contributed by atoms with Crippen molar-refractivity contribution in [1.82, 2.24) is 20.0 Å². The van der Waals surface area contributed by atoms with E-state index in [0.717, 1.165) is 38.2 Å². The van der Waals surface area contributed by atoms with Crippen molar-refractivity contribution in [2.75, 3.05) is 27.2 Å². The van der Waals surface area contributed by atoms with Crippen LogP contribution < -0.4 is 5.32 Å². The summed E-state index contributed by atoms with van der Waals surface area (Å²) in [6.07, 6.45) is 4.35. The Morgan fingerprint density at radius 2 is 2.37 bits per heavy atom. The Bertz CT molecular complexity index is 401. The summed E-state index contributed by atoms with van der Waals surface area (Å²) < 4.78 is 1.82. The van der Waals surface area contributed by atoms with Crippen LogP contribution in [0.4, 0.5) is 0 Å². The molecule has 108 valence electrons. The number of aliphatic hydroxyl groups is 1. The Hall–Kier alpha value is -0.620. The topological polar surface area (TPSA) is 53.3 Å². The summed E-state index contributed by atoms with van der Waals surface area (Å²) in [7, 11) is 4.04. The quantitative estimate of drug-likeness (QED) is 0.856. The molecule has 6 heteroatoms. The number of aromatic nitrogens is 2. The third-order valence-electron chi connectivity index (χ3n) is 3.60. The first-order valence-corrected chi connectivity index (χ1v) is 7.24. The molecule has 2 atom stereocenters. The zero-order valence-electron chi connectivity index (χ0n) is 11.6.